The van der Waals surface area contributed by atoms with Gasteiger partial charge >= 0.3 is 0 Å². The first kappa shape index (κ1) is 13.3. The SMILES string of the molecule is CC(Cc1ccsc1)Nc1nc(NN)nc2sccc12. The molecule has 0 radical (unpaired) electrons. The quantitative estimate of drug-likeness (QED) is 0.499. The number of nitrogens with zero attached hydrogens (tertiary/aromatic N) is 2. The Balaban J connectivity index is 1.84. The first-order valence-corrected chi connectivity index (χ1v) is 8.08. The number of hydrogen-bond acceptors (Lipinski definition) is 7. The second-order valence-electron chi connectivity index (χ2n) is 4.56. The summed E-state index contributed by atoms with van der Waals surface area (Å²) in [6.45, 7) is 2.15. The lowest BCUT2D eigenvalue weighted by Crippen LogP contribution is -2.20. The number of rotatable bonds is 5. The summed E-state index contributed by atoms with van der Waals surface area (Å²) in [4.78, 5) is 9.67. The summed E-state index contributed by atoms with van der Waals surface area (Å²) in [5, 5.41) is 10.8. The molecule has 0 aromatic carbocycles. The van der Waals surface area contributed by atoms with Crippen molar-refractivity contribution in [3.63, 3.8) is 0 Å². The maximum absolute atomic E-state index is 5.42. The van der Waals surface area contributed by atoms with Crippen molar-refractivity contribution in [2.75, 3.05) is 10.7 Å². The number of hydrazine groups is 1. The third-order valence-corrected chi connectivity index (χ3v) is 4.50. The first-order valence-electron chi connectivity index (χ1n) is 6.25. The molecular formula is C13H15N5S2. The van der Waals surface area contributed by atoms with Crippen molar-refractivity contribution < 1.29 is 0 Å². The van der Waals surface area contributed by atoms with E-state index in [4.69, 9.17) is 5.84 Å². The Kier molecular flexibility index (Phi) is 3.81. The Morgan fingerprint density at radius 2 is 2.20 bits per heavy atom. The lowest BCUT2D eigenvalue weighted by Gasteiger charge is -2.15. The summed E-state index contributed by atoms with van der Waals surface area (Å²) in [5.74, 6) is 6.68. The molecule has 0 aliphatic rings. The van der Waals surface area contributed by atoms with Crippen molar-refractivity contribution in [2.24, 2.45) is 5.84 Å². The van der Waals surface area contributed by atoms with Crippen LogP contribution in [-0.4, -0.2) is 16.0 Å². The van der Waals surface area contributed by atoms with E-state index in [9.17, 15) is 0 Å². The second-order valence-corrected chi connectivity index (χ2v) is 6.24. The molecule has 0 aliphatic carbocycles. The average molecular weight is 305 g/mol. The summed E-state index contributed by atoms with van der Waals surface area (Å²) >= 11 is 3.30. The van der Waals surface area contributed by atoms with E-state index in [-0.39, 0.29) is 6.04 Å². The van der Waals surface area contributed by atoms with Gasteiger partial charge in [-0.3, -0.25) is 5.43 Å². The van der Waals surface area contributed by atoms with Crippen LogP contribution in [0.4, 0.5) is 11.8 Å². The fraction of sp³-hybridized carbons (Fsp3) is 0.231. The zero-order chi connectivity index (χ0) is 13.9. The third-order valence-electron chi connectivity index (χ3n) is 2.96. The van der Waals surface area contributed by atoms with Crippen LogP contribution in [0.25, 0.3) is 10.2 Å². The van der Waals surface area contributed by atoms with Crippen molar-refractivity contribution in [2.45, 2.75) is 19.4 Å². The number of aromatic nitrogens is 2. The molecule has 0 saturated carbocycles. The highest BCUT2D eigenvalue weighted by atomic mass is 32.1. The summed E-state index contributed by atoms with van der Waals surface area (Å²) < 4.78 is 0. The Hall–Kier alpha value is -1.70. The topological polar surface area (TPSA) is 75.9 Å². The lowest BCUT2D eigenvalue weighted by molar-refractivity contribution is 0.788. The lowest BCUT2D eigenvalue weighted by atomic mass is 10.1. The van der Waals surface area contributed by atoms with E-state index >= 15 is 0 Å². The van der Waals surface area contributed by atoms with Crippen LogP contribution in [0.2, 0.25) is 0 Å². The zero-order valence-corrected chi connectivity index (χ0v) is 12.6. The van der Waals surface area contributed by atoms with Crippen molar-refractivity contribution in [1.82, 2.24) is 9.97 Å². The maximum Gasteiger partial charge on any atom is 0.240 e. The van der Waals surface area contributed by atoms with Crippen molar-refractivity contribution in [3.05, 3.63) is 33.8 Å². The van der Waals surface area contributed by atoms with Gasteiger partial charge in [-0.05, 0) is 47.2 Å². The predicted molar refractivity (Wildman–Crippen MR) is 86.3 cm³/mol. The Morgan fingerprint density at radius 3 is 2.95 bits per heavy atom. The van der Waals surface area contributed by atoms with Gasteiger partial charge in [-0.15, -0.1) is 11.3 Å². The minimum absolute atomic E-state index is 0.285. The number of nitrogens with two attached hydrogens (primary N) is 1. The molecule has 5 nitrogen and oxygen atoms in total. The molecule has 0 aliphatic heterocycles. The van der Waals surface area contributed by atoms with E-state index in [1.165, 1.54) is 5.56 Å². The maximum atomic E-state index is 5.42. The van der Waals surface area contributed by atoms with Crippen LogP contribution in [0, 0.1) is 0 Å². The van der Waals surface area contributed by atoms with Gasteiger partial charge in [-0.1, -0.05) is 0 Å². The van der Waals surface area contributed by atoms with Crippen molar-refractivity contribution in [3.8, 4) is 0 Å². The van der Waals surface area contributed by atoms with Crippen molar-refractivity contribution in [1.29, 1.82) is 0 Å². The van der Waals surface area contributed by atoms with Gasteiger partial charge in [-0.25, -0.2) is 10.8 Å². The molecule has 0 saturated heterocycles. The number of fused-ring (bicyclic) bond motifs is 1. The Morgan fingerprint density at radius 1 is 1.30 bits per heavy atom. The van der Waals surface area contributed by atoms with E-state index in [0.29, 0.717) is 5.95 Å². The highest BCUT2D eigenvalue weighted by Gasteiger charge is 2.11. The van der Waals surface area contributed by atoms with Gasteiger partial charge in [0.2, 0.25) is 5.95 Å². The van der Waals surface area contributed by atoms with Gasteiger partial charge in [0.05, 0.1) is 5.39 Å². The largest absolute Gasteiger partial charge is 0.367 e. The molecular weight excluding hydrogens is 290 g/mol. The van der Waals surface area contributed by atoms with Gasteiger partial charge in [0, 0.05) is 6.04 Å². The molecule has 3 aromatic heterocycles. The molecule has 3 rings (SSSR count). The van der Waals surface area contributed by atoms with Gasteiger partial charge in [0.25, 0.3) is 0 Å². The second kappa shape index (κ2) is 5.74. The highest BCUT2D eigenvalue weighted by molar-refractivity contribution is 7.16. The van der Waals surface area contributed by atoms with Crippen LogP contribution in [-0.2, 0) is 6.42 Å². The van der Waals surface area contributed by atoms with Crippen LogP contribution in [0.15, 0.2) is 28.3 Å². The fourth-order valence-corrected chi connectivity index (χ4v) is 3.52. The monoisotopic (exact) mass is 305 g/mol. The molecule has 3 aromatic rings. The third kappa shape index (κ3) is 2.74. The van der Waals surface area contributed by atoms with E-state index < -0.39 is 0 Å². The molecule has 1 atom stereocenters. The standard InChI is InChI=1S/C13H15N5S2/c1-8(6-9-2-4-19-7-9)15-11-10-3-5-20-12(10)17-13(16-11)18-14/h2-5,7-8H,6,14H2,1H3,(H2,15,16,17,18). The number of hydrogen-bond donors (Lipinski definition) is 3. The minimum atomic E-state index is 0.285. The summed E-state index contributed by atoms with van der Waals surface area (Å²) in [5.41, 5.74) is 3.85. The van der Waals surface area contributed by atoms with Gasteiger partial charge < -0.3 is 5.32 Å². The molecule has 7 heteroatoms. The summed E-state index contributed by atoms with van der Waals surface area (Å²) in [7, 11) is 0. The molecule has 4 N–H and O–H groups in total. The van der Waals surface area contributed by atoms with Gasteiger partial charge in [0.1, 0.15) is 10.6 Å². The molecule has 0 amide bonds. The molecule has 0 bridgehead atoms. The van der Waals surface area contributed by atoms with E-state index in [2.05, 4.69) is 44.5 Å². The summed E-state index contributed by atoms with van der Waals surface area (Å²) in [6, 6.07) is 4.46. The van der Waals surface area contributed by atoms with Crippen LogP contribution < -0.4 is 16.6 Å². The van der Waals surface area contributed by atoms with Crippen LogP contribution in [0.5, 0.6) is 0 Å². The van der Waals surface area contributed by atoms with E-state index in [0.717, 1.165) is 22.5 Å². The molecule has 1 unspecified atom stereocenters. The first-order chi connectivity index (χ1) is 9.76. The molecule has 0 fully saturated rings. The van der Waals surface area contributed by atoms with E-state index in [1.54, 1.807) is 22.7 Å². The zero-order valence-electron chi connectivity index (χ0n) is 11.0. The molecule has 104 valence electrons. The normalized spacial score (nSPS) is 12.5. The predicted octanol–water partition coefficient (Wildman–Crippen LogP) is 3.08. The van der Waals surface area contributed by atoms with Crippen LogP contribution in [0.3, 0.4) is 0 Å². The highest BCUT2D eigenvalue weighted by Crippen LogP contribution is 2.27. The smallest absolute Gasteiger partial charge is 0.240 e. The Labute approximate surface area is 124 Å². The minimum Gasteiger partial charge on any atom is -0.367 e. The Bertz CT molecular complexity index is 692. The number of nitrogen functional groups attached to an aromatic ring is 1. The number of anilines is 2. The average Bonchev–Trinajstić information content (AvgIpc) is 3.09. The van der Waals surface area contributed by atoms with Crippen molar-refractivity contribution >= 4 is 44.7 Å². The fourth-order valence-electron chi connectivity index (χ4n) is 2.08. The van der Waals surface area contributed by atoms with E-state index in [1.807, 2.05) is 11.4 Å². The molecule has 0 spiro atoms. The summed E-state index contributed by atoms with van der Waals surface area (Å²) in [6.07, 6.45) is 0.963. The van der Waals surface area contributed by atoms with Crippen LogP contribution >= 0.6 is 22.7 Å². The molecule has 20 heavy (non-hydrogen) atoms. The van der Waals surface area contributed by atoms with Gasteiger partial charge in [-0.2, -0.15) is 16.3 Å². The number of thiophene rings is 2. The number of nitrogens with one attached hydrogen (secondary N) is 2. The van der Waals surface area contributed by atoms with Crippen LogP contribution in [0.1, 0.15) is 12.5 Å². The van der Waals surface area contributed by atoms with Gasteiger partial charge in [0.15, 0.2) is 0 Å². The molecule has 3 heterocycles.